The van der Waals surface area contributed by atoms with Crippen LogP contribution >= 0.6 is 0 Å². The van der Waals surface area contributed by atoms with Gasteiger partial charge in [0.1, 0.15) is 5.76 Å². The summed E-state index contributed by atoms with van der Waals surface area (Å²) in [6.07, 6.45) is 8.27. The van der Waals surface area contributed by atoms with E-state index in [0.29, 0.717) is 18.1 Å². The lowest BCUT2D eigenvalue weighted by Crippen LogP contribution is -2.52. The van der Waals surface area contributed by atoms with Crippen LogP contribution in [0.25, 0.3) is 0 Å². The Balaban J connectivity index is 1.37. The van der Waals surface area contributed by atoms with E-state index in [1.54, 1.807) is 6.26 Å². The van der Waals surface area contributed by atoms with E-state index in [4.69, 9.17) is 9.41 Å². The number of fused-ring (bicyclic) bond motifs is 1. The lowest BCUT2D eigenvalue weighted by molar-refractivity contribution is 0.167. The van der Waals surface area contributed by atoms with E-state index in [1.165, 1.54) is 24.0 Å². The molecule has 2 aromatic rings. The van der Waals surface area contributed by atoms with Crippen LogP contribution < -0.4 is 10.6 Å². The summed E-state index contributed by atoms with van der Waals surface area (Å²) in [7, 11) is 0. The molecular weight excluding hydrogens is 372 g/mol. The minimum absolute atomic E-state index is 0.436. The number of rotatable bonds is 6. The van der Waals surface area contributed by atoms with Crippen molar-refractivity contribution in [3.63, 3.8) is 0 Å². The number of likely N-dealkylation sites (tertiary alicyclic amines) is 1. The van der Waals surface area contributed by atoms with Crippen molar-refractivity contribution in [2.45, 2.75) is 70.5 Å². The third kappa shape index (κ3) is 5.66. The molecule has 2 N–H and O–H groups in total. The third-order valence-corrected chi connectivity index (χ3v) is 6.50. The average Bonchev–Trinajstić information content (AvgIpc) is 3.27. The molecule has 162 valence electrons. The Morgan fingerprint density at radius 2 is 1.80 bits per heavy atom. The van der Waals surface area contributed by atoms with Crippen LogP contribution in [0.2, 0.25) is 0 Å². The molecule has 1 fully saturated rings. The Kier molecular flexibility index (Phi) is 7.11. The molecule has 0 amide bonds. The smallest absolute Gasteiger partial charge is 0.191 e. The molecule has 1 atom stereocenters. The Hall–Kier alpha value is -2.27. The first-order valence-corrected chi connectivity index (χ1v) is 11.6. The summed E-state index contributed by atoms with van der Waals surface area (Å²) in [5, 5.41) is 7.50. The second-order valence-electron chi connectivity index (χ2n) is 8.96. The minimum Gasteiger partial charge on any atom is -0.469 e. The van der Waals surface area contributed by atoms with Crippen molar-refractivity contribution in [2.24, 2.45) is 4.99 Å². The molecule has 1 aliphatic heterocycles. The van der Waals surface area contributed by atoms with E-state index >= 15 is 0 Å². The number of nitrogens with zero attached hydrogens (tertiary/aromatic N) is 2. The molecule has 1 aliphatic carbocycles. The molecule has 0 spiro atoms. The number of benzene rings is 1. The molecule has 30 heavy (non-hydrogen) atoms. The van der Waals surface area contributed by atoms with Crippen LogP contribution in [0.5, 0.6) is 0 Å². The Morgan fingerprint density at radius 3 is 2.53 bits per heavy atom. The van der Waals surface area contributed by atoms with Gasteiger partial charge in [-0.25, -0.2) is 0 Å². The van der Waals surface area contributed by atoms with Gasteiger partial charge < -0.3 is 20.0 Å². The first-order chi connectivity index (χ1) is 14.7. The van der Waals surface area contributed by atoms with Crippen LogP contribution in [-0.2, 0) is 19.3 Å². The van der Waals surface area contributed by atoms with Crippen molar-refractivity contribution in [1.82, 2.24) is 15.5 Å². The van der Waals surface area contributed by atoms with Gasteiger partial charge in [-0.1, -0.05) is 24.3 Å². The van der Waals surface area contributed by atoms with Gasteiger partial charge in [0.25, 0.3) is 0 Å². The van der Waals surface area contributed by atoms with Gasteiger partial charge in [-0.05, 0) is 69.2 Å². The van der Waals surface area contributed by atoms with Gasteiger partial charge in [-0.15, -0.1) is 0 Å². The lowest BCUT2D eigenvalue weighted by atomic mass is 9.88. The van der Waals surface area contributed by atoms with Crippen molar-refractivity contribution >= 4 is 5.96 Å². The molecule has 0 saturated carbocycles. The predicted octanol–water partition coefficient (Wildman–Crippen LogP) is 3.79. The summed E-state index contributed by atoms with van der Waals surface area (Å²) in [5.41, 5.74) is 2.97. The number of furan rings is 1. The fraction of sp³-hybridized carbons (Fsp3) is 0.560. The first-order valence-electron chi connectivity index (χ1n) is 11.6. The summed E-state index contributed by atoms with van der Waals surface area (Å²) in [6, 6.07) is 14.4. The molecule has 5 nitrogen and oxygen atoms in total. The monoisotopic (exact) mass is 408 g/mol. The van der Waals surface area contributed by atoms with Crippen molar-refractivity contribution in [1.29, 1.82) is 0 Å². The molecule has 0 radical (unpaired) electrons. The van der Waals surface area contributed by atoms with Gasteiger partial charge in [0, 0.05) is 44.2 Å². The molecule has 2 aliphatic rings. The van der Waals surface area contributed by atoms with Crippen LogP contribution in [0.1, 0.15) is 50.0 Å². The summed E-state index contributed by atoms with van der Waals surface area (Å²) in [5.74, 6) is 1.96. The van der Waals surface area contributed by atoms with Gasteiger partial charge in [-0.3, -0.25) is 4.99 Å². The Morgan fingerprint density at radius 1 is 1.03 bits per heavy atom. The molecule has 1 unspecified atom stereocenters. The zero-order valence-corrected chi connectivity index (χ0v) is 18.4. The average molecular weight is 409 g/mol. The summed E-state index contributed by atoms with van der Waals surface area (Å²) < 4.78 is 5.47. The molecule has 2 heterocycles. The number of piperidine rings is 1. The van der Waals surface area contributed by atoms with Crippen LogP contribution in [-0.4, -0.2) is 48.6 Å². The lowest BCUT2D eigenvalue weighted by Gasteiger charge is -2.36. The first kappa shape index (κ1) is 21.0. The molecule has 5 heteroatoms. The topological polar surface area (TPSA) is 52.8 Å². The van der Waals surface area contributed by atoms with Crippen molar-refractivity contribution in [3.8, 4) is 0 Å². The fourth-order valence-electron chi connectivity index (χ4n) is 4.63. The van der Waals surface area contributed by atoms with Crippen LogP contribution in [0.4, 0.5) is 0 Å². The molecule has 1 aromatic heterocycles. The maximum atomic E-state index is 5.47. The maximum Gasteiger partial charge on any atom is 0.191 e. The van der Waals surface area contributed by atoms with Gasteiger partial charge in [-0.2, -0.15) is 0 Å². The SMILES string of the molecule is CC(C)N1CCC(NC(=NCCc2ccco2)NC2CCc3ccccc3C2)CC1. The van der Waals surface area contributed by atoms with E-state index in [-0.39, 0.29) is 0 Å². The number of nitrogens with one attached hydrogen (secondary N) is 2. The molecule has 4 rings (SSSR count). The van der Waals surface area contributed by atoms with Crippen LogP contribution in [0.15, 0.2) is 52.1 Å². The highest BCUT2D eigenvalue weighted by molar-refractivity contribution is 5.80. The summed E-state index contributed by atoms with van der Waals surface area (Å²) in [4.78, 5) is 7.48. The predicted molar refractivity (Wildman–Crippen MR) is 123 cm³/mol. The molecule has 0 bridgehead atoms. The Bertz CT molecular complexity index is 806. The number of hydrogen-bond acceptors (Lipinski definition) is 3. The molecular formula is C25H36N4O. The molecule has 1 saturated heterocycles. The number of hydrogen-bond donors (Lipinski definition) is 2. The second-order valence-corrected chi connectivity index (χ2v) is 8.96. The highest BCUT2D eigenvalue weighted by atomic mass is 16.3. The zero-order chi connectivity index (χ0) is 20.8. The maximum absolute atomic E-state index is 5.47. The minimum atomic E-state index is 0.436. The van der Waals surface area contributed by atoms with Gasteiger partial charge in [0.05, 0.1) is 6.26 Å². The van der Waals surface area contributed by atoms with Crippen molar-refractivity contribution in [2.75, 3.05) is 19.6 Å². The van der Waals surface area contributed by atoms with E-state index in [2.05, 4.69) is 53.6 Å². The largest absolute Gasteiger partial charge is 0.469 e. The van der Waals surface area contributed by atoms with Crippen molar-refractivity contribution in [3.05, 3.63) is 59.5 Å². The second kappa shape index (κ2) is 10.2. The third-order valence-electron chi connectivity index (χ3n) is 6.50. The highest BCUT2D eigenvalue weighted by Crippen LogP contribution is 2.21. The summed E-state index contributed by atoms with van der Waals surface area (Å²) in [6.45, 7) is 7.63. The molecule has 1 aromatic carbocycles. The van der Waals surface area contributed by atoms with Gasteiger partial charge >= 0.3 is 0 Å². The summed E-state index contributed by atoms with van der Waals surface area (Å²) >= 11 is 0. The standard InChI is InChI=1S/C25H36N4O/c1-19(2)29-15-12-22(13-16-29)27-25(26-14-11-24-8-5-17-30-24)28-23-10-9-20-6-3-4-7-21(20)18-23/h3-8,17,19,22-23H,9-16,18H2,1-2H3,(H2,26,27,28). The van der Waals surface area contributed by atoms with Crippen molar-refractivity contribution < 1.29 is 4.42 Å². The van der Waals surface area contributed by atoms with Gasteiger partial charge in [0.2, 0.25) is 0 Å². The van der Waals surface area contributed by atoms with Gasteiger partial charge in [0.15, 0.2) is 5.96 Å². The fourth-order valence-corrected chi connectivity index (χ4v) is 4.63. The van der Waals surface area contributed by atoms with E-state index in [1.807, 2.05) is 12.1 Å². The Labute approximate surface area is 181 Å². The normalized spacial score (nSPS) is 20.9. The number of aliphatic imine (C=N–C) groups is 1. The van der Waals surface area contributed by atoms with Crippen LogP contribution in [0, 0.1) is 0 Å². The van der Waals surface area contributed by atoms with Crippen LogP contribution in [0.3, 0.4) is 0 Å². The zero-order valence-electron chi connectivity index (χ0n) is 18.4. The number of aryl methyl sites for hydroxylation is 1. The van der Waals surface area contributed by atoms with E-state index in [9.17, 15) is 0 Å². The quantitative estimate of drug-likeness (QED) is 0.564. The highest BCUT2D eigenvalue weighted by Gasteiger charge is 2.23. The van der Waals surface area contributed by atoms with E-state index < -0.39 is 0 Å². The van der Waals surface area contributed by atoms with E-state index in [0.717, 1.165) is 57.0 Å². The number of guanidine groups is 1.